The standard InChI is InChI=1S/C30H20/c1(5-11-25-17-21-29(22-18-25)27-13-7-3-8-14-27)2-6-12-26-19-23-30(24-20-26)28-15-9-4-10-16-28/h1-4,7-10,13-24H/b2-1+. The number of allylic oxidation sites excluding steroid dienone is 2. The van der Waals surface area contributed by atoms with Crippen molar-refractivity contribution in [3.63, 3.8) is 0 Å². The second-order valence-electron chi connectivity index (χ2n) is 6.76. The van der Waals surface area contributed by atoms with Crippen molar-refractivity contribution in [3.05, 3.63) is 132 Å². The highest BCUT2D eigenvalue weighted by Gasteiger charge is 1.96. The first-order valence-corrected chi connectivity index (χ1v) is 9.87. The smallest absolute Gasteiger partial charge is 0.0249 e. The third-order valence-electron chi connectivity index (χ3n) is 4.67. The van der Waals surface area contributed by atoms with Crippen molar-refractivity contribution in [1.82, 2.24) is 0 Å². The van der Waals surface area contributed by atoms with Gasteiger partial charge in [0, 0.05) is 11.1 Å². The minimum absolute atomic E-state index is 0.990. The number of benzene rings is 4. The molecule has 0 saturated carbocycles. The monoisotopic (exact) mass is 380 g/mol. The Morgan fingerprint density at radius 3 is 1.07 bits per heavy atom. The molecule has 0 heterocycles. The number of rotatable bonds is 2. The molecule has 0 aromatic heterocycles. The maximum atomic E-state index is 3.14. The maximum Gasteiger partial charge on any atom is 0.0249 e. The molecular weight excluding hydrogens is 360 g/mol. The van der Waals surface area contributed by atoms with Crippen molar-refractivity contribution in [3.8, 4) is 45.9 Å². The van der Waals surface area contributed by atoms with Gasteiger partial charge in [-0.1, -0.05) is 109 Å². The van der Waals surface area contributed by atoms with E-state index in [2.05, 4.69) is 72.2 Å². The predicted molar refractivity (Wildman–Crippen MR) is 127 cm³/mol. The van der Waals surface area contributed by atoms with Gasteiger partial charge in [0.1, 0.15) is 0 Å². The van der Waals surface area contributed by atoms with E-state index in [1.165, 1.54) is 22.3 Å². The Morgan fingerprint density at radius 2 is 0.700 bits per heavy atom. The lowest BCUT2D eigenvalue weighted by molar-refractivity contribution is 1.59. The van der Waals surface area contributed by atoms with Crippen LogP contribution in [0.15, 0.2) is 121 Å². The molecule has 0 heteroatoms. The SMILES string of the molecule is C(#Cc1ccc(-c2ccccc2)cc1)/C=C/C#Cc1ccc(-c2ccccc2)cc1. The molecule has 30 heavy (non-hydrogen) atoms. The van der Waals surface area contributed by atoms with Gasteiger partial charge >= 0.3 is 0 Å². The lowest BCUT2D eigenvalue weighted by Gasteiger charge is -2.00. The van der Waals surface area contributed by atoms with E-state index in [9.17, 15) is 0 Å². The van der Waals surface area contributed by atoms with Crippen LogP contribution in [0.5, 0.6) is 0 Å². The predicted octanol–water partition coefficient (Wildman–Crippen LogP) is 6.98. The first-order chi connectivity index (χ1) is 14.9. The first-order valence-electron chi connectivity index (χ1n) is 9.87. The second-order valence-corrected chi connectivity index (χ2v) is 6.76. The van der Waals surface area contributed by atoms with Crippen LogP contribution in [0.4, 0.5) is 0 Å². The fraction of sp³-hybridized carbons (Fsp3) is 0. The fourth-order valence-electron chi connectivity index (χ4n) is 3.09. The lowest BCUT2D eigenvalue weighted by Crippen LogP contribution is -1.78. The van der Waals surface area contributed by atoms with Gasteiger partial charge in [-0.05, 0) is 58.7 Å². The van der Waals surface area contributed by atoms with Gasteiger partial charge in [0.2, 0.25) is 0 Å². The molecular formula is C30H20. The van der Waals surface area contributed by atoms with E-state index in [0.717, 1.165) is 11.1 Å². The normalized spacial score (nSPS) is 10.0. The van der Waals surface area contributed by atoms with Crippen molar-refractivity contribution < 1.29 is 0 Å². The maximum absolute atomic E-state index is 3.14. The first kappa shape index (κ1) is 19.1. The van der Waals surface area contributed by atoms with E-state index in [1.807, 2.05) is 60.7 Å². The Morgan fingerprint density at radius 1 is 0.367 bits per heavy atom. The zero-order chi connectivity index (χ0) is 20.4. The topological polar surface area (TPSA) is 0 Å². The Labute approximate surface area is 178 Å². The molecule has 4 aromatic carbocycles. The second kappa shape index (κ2) is 9.79. The van der Waals surface area contributed by atoms with Gasteiger partial charge in [-0.25, -0.2) is 0 Å². The highest BCUT2D eigenvalue weighted by Crippen LogP contribution is 2.19. The average molecular weight is 380 g/mol. The minimum Gasteiger partial charge on any atom is -0.0689 e. The summed E-state index contributed by atoms with van der Waals surface area (Å²) in [7, 11) is 0. The number of hydrogen-bond acceptors (Lipinski definition) is 0. The molecule has 0 nitrogen and oxygen atoms in total. The van der Waals surface area contributed by atoms with E-state index in [-0.39, 0.29) is 0 Å². The van der Waals surface area contributed by atoms with Crippen LogP contribution in [-0.2, 0) is 0 Å². The molecule has 4 aromatic rings. The van der Waals surface area contributed by atoms with E-state index in [0.29, 0.717) is 0 Å². The summed E-state index contributed by atoms with van der Waals surface area (Å²) >= 11 is 0. The summed E-state index contributed by atoms with van der Waals surface area (Å²) in [4.78, 5) is 0. The van der Waals surface area contributed by atoms with Crippen LogP contribution in [-0.4, -0.2) is 0 Å². The molecule has 0 fully saturated rings. The van der Waals surface area contributed by atoms with Crippen molar-refractivity contribution in [2.75, 3.05) is 0 Å². The molecule has 0 aliphatic rings. The molecule has 0 amide bonds. The van der Waals surface area contributed by atoms with Crippen LogP contribution in [0, 0.1) is 23.7 Å². The lowest BCUT2D eigenvalue weighted by atomic mass is 10.0. The Bertz CT molecular complexity index is 1130. The molecule has 0 unspecified atom stereocenters. The van der Waals surface area contributed by atoms with Gasteiger partial charge in [0.05, 0.1) is 0 Å². The largest absolute Gasteiger partial charge is 0.0689 e. The fourth-order valence-corrected chi connectivity index (χ4v) is 3.09. The summed E-state index contributed by atoms with van der Waals surface area (Å²) in [5.41, 5.74) is 6.79. The summed E-state index contributed by atoms with van der Waals surface area (Å²) in [6, 6.07) is 37.3. The zero-order valence-electron chi connectivity index (χ0n) is 16.5. The van der Waals surface area contributed by atoms with Crippen LogP contribution in [0.2, 0.25) is 0 Å². The summed E-state index contributed by atoms with van der Waals surface area (Å²) in [5, 5.41) is 0. The molecule has 0 N–H and O–H groups in total. The summed E-state index contributed by atoms with van der Waals surface area (Å²) in [5.74, 6) is 12.4. The molecule has 0 radical (unpaired) electrons. The van der Waals surface area contributed by atoms with Crippen molar-refractivity contribution in [1.29, 1.82) is 0 Å². The Kier molecular flexibility index (Phi) is 6.22. The van der Waals surface area contributed by atoms with Crippen LogP contribution >= 0.6 is 0 Å². The van der Waals surface area contributed by atoms with Crippen molar-refractivity contribution >= 4 is 0 Å². The van der Waals surface area contributed by atoms with Crippen LogP contribution in [0.3, 0.4) is 0 Å². The highest BCUT2D eigenvalue weighted by molar-refractivity contribution is 5.65. The minimum atomic E-state index is 0.990. The number of hydrogen-bond donors (Lipinski definition) is 0. The Balaban J connectivity index is 1.35. The van der Waals surface area contributed by atoms with Gasteiger partial charge in [0.25, 0.3) is 0 Å². The molecule has 0 aliphatic carbocycles. The van der Waals surface area contributed by atoms with E-state index in [1.54, 1.807) is 12.2 Å². The van der Waals surface area contributed by atoms with Crippen LogP contribution < -0.4 is 0 Å². The van der Waals surface area contributed by atoms with Crippen molar-refractivity contribution in [2.24, 2.45) is 0 Å². The third kappa shape index (κ3) is 5.17. The van der Waals surface area contributed by atoms with E-state index in [4.69, 9.17) is 0 Å². The third-order valence-corrected chi connectivity index (χ3v) is 4.67. The summed E-state index contributed by atoms with van der Waals surface area (Å²) in [6.45, 7) is 0. The molecule has 0 bridgehead atoms. The summed E-state index contributed by atoms with van der Waals surface area (Å²) < 4.78 is 0. The van der Waals surface area contributed by atoms with Crippen LogP contribution in [0.1, 0.15) is 11.1 Å². The van der Waals surface area contributed by atoms with Gasteiger partial charge in [0.15, 0.2) is 0 Å². The van der Waals surface area contributed by atoms with E-state index < -0.39 is 0 Å². The molecule has 0 spiro atoms. The van der Waals surface area contributed by atoms with Gasteiger partial charge in [-0.15, -0.1) is 0 Å². The zero-order valence-corrected chi connectivity index (χ0v) is 16.5. The molecule has 0 aliphatic heterocycles. The van der Waals surface area contributed by atoms with Gasteiger partial charge in [-0.2, -0.15) is 0 Å². The molecule has 0 saturated heterocycles. The highest BCUT2D eigenvalue weighted by atomic mass is 14.0. The van der Waals surface area contributed by atoms with Crippen LogP contribution in [0.25, 0.3) is 22.3 Å². The van der Waals surface area contributed by atoms with Crippen molar-refractivity contribution in [2.45, 2.75) is 0 Å². The van der Waals surface area contributed by atoms with Gasteiger partial charge in [-0.3, -0.25) is 0 Å². The average Bonchev–Trinajstić information content (AvgIpc) is 2.83. The molecule has 4 rings (SSSR count). The Hall–Kier alpha value is -4.26. The van der Waals surface area contributed by atoms with E-state index >= 15 is 0 Å². The quantitative estimate of drug-likeness (QED) is 0.329. The molecule has 0 atom stereocenters. The molecule has 140 valence electrons. The summed E-state index contributed by atoms with van der Waals surface area (Å²) in [6.07, 6.45) is 3.58. The van der Waals surface area contributed by atoms with Gasteiger partial charge < -0.3 is 0 Å².